The van der Waals surface area contributed by atoms with Crippen LogP contribution in [0.3, 0.4) is 0 Å². The molecule has 1 unspecified atom stereocenters. The van der Waals surface area contributed by atoms with Gasteiger partial charge in [-0.05, 0) is 24.8 Å². The minimum Gasteiger partial charge on any atom is -0.355 e. The van der Waals surface area contributed by atoms with Gasteiger partial charge in [0.2, 0.25) is 11.8 Å². The molecule has 29 heavy (non-hydrogen) atoms. The summed E-state index contributed by atoms with van der Waals surface area (Å²) in [5.41, 5.74) is 0.849. The molecule has 0 aliphatic carbocycles. The van der Waals surface area contributed by atoms with Gasteiger partial charge in [0.25, 0.3) is 0 Å². The molecule has 2 N–H and O–H groups in total. The van der Waals surface area contributed by atoms with Crippen molar-refractivity contribution in [1.29, 1.82) is 0 Å². The normalized spacial score (nSPS) is 16.5. The Labute approximate surface area is 173 Å². The lowest BCUT2D eigenvalue weighted by Gasteiger charge is -2.37. The first-order chi connectivity index (χ1) is 14.1. The Bertz CT molecular complexity index is 825. The average molecular weight is 397 g/mol. The molecular weight excluding hydrogens is 364 g/mol. The molecule has 6 nitrogen and oxygen atoms in total. The molecule has 0 spiro atoms. The van der Waals surface area contributed by atoms with E-state index in [4.69, 9.17) is 0 Å². The van der Waals surface area contributed by atoms with Gasteiger partial charge in [-0.1, -0.05) is 49.7 Å². The molecule has 1 aliphatic rings. The first-order valence-corrected chi connectivity index (χ1v) is 10.6. The van der Waals surface area contributed by atoms with Crippen LogP contribution in [0, 0.1) is 0 Å². The van der Waals surface area contributed by atoms with Gasteiger partial charge in [0.1, 0.15) is 0 Å². The summed E-state index contributed by atoms with van der Waals surface area (Å²) < 4.78 is 0. The SMILES string of the molecule is CCCCNC(=O)CN1CCN(C(C)C(=O)Nc2cccc3ccccc23)CC1. The Hall–Kier alpha value is -2.44. The smallest absolute Gasteiger partial charge is 0.241 e. The van der Waals surface area contributed by atoms with Crippen molar-refractivity contribution in [2.24, 2.45) is 0 Å². The Morgan fingerprint density at radius 1 is 1.03 bits per heavy atom. The lowest BCUT2D eigenvalue weighted by molar-refractivity contribution is -0.124. The summed E-state index contributed by atoms with van der Waals surface area (Å²) in [4.78, 5) is 29.2. The molecule has 3 rings (SSSR count). The maximum atomic E-state index is 12.8. The largest absolute Gasteiger partial charge is 0.355 e. The lowest BCUT2D eigenvalue weighted by Crippen LogP contribution is -2.54. The molecular formula is C23H32N4O2. The number of hydrogen-bond acceptors (Lipinski definition) is 4. The second-order valence-electron chi connectivity index (χ2n) is 7.71. The number of piperazine rings is 1. The van der Waals surface area contributed by atoms with Crippen LogP contribution in [0.25, 0.3) is 10.8 Å². The van der Waals surface area contributed by atoms with Crippen molar-refractivity contribution in [2.45, 2.75) is 32.7 Å². The van der Waals surface area contributed by atoms with Crippen LogP contribution < -0.4 is 10.6 Å². The van der Waals surface area contributed by atoms with E-state index >= 15 is 0 Å². The summed E-state index contributed by atoms with van der Waals surface area (Å²) >= 11 is 0. The van der Waals surface area contributed by atoms with Crippen LogP contribution in [0.5, 0.6) is 0 Å². The standard InChI is InChI=1S/C23H32N4O2/c1-3-4-12-24-22(28)17-26-13-15-27(16-14-26)18(2)23(29)25-21-11-7-9-19-8-5-6-10-20(19)21/h5-11,18H,3-4,12-17H2,1-2H3,(H,24,28)(H,25,29). The second-order valence-corrected chi connectivity index (χ2v) is 7.71. The van der Waals surface area contributed by atoms with E-state index in [-0.39, 0.29) is 17.9 Å². The quantitative estimate of drug-likeness (QED) is 0.674. The number of anilines is 1. The first kappa shape index (κ1) is 21.3. The van der Waals surface area contributed by atoms with Crippen LogP contribution in [0.1, 0.15) is 26.7 Å². The fourth-order valence-electron chi connectivity index (χ4n) is 3.71. The van der Waals surface area contributed by atoms with E-state index in [9.17, 15) is 9.59 Å². The molecule has 1 fully saturated rings. The highest BCUT2D eigenvalue weighted by Gasteiger charge is 2.26. The molecule has 0 bridgehead atoms. The summed E-state index contributed by atoms with van der Waals surface area (Å²) in [5, 5.41) is 8.23. The van der Waals surface area contributed by atoms with Crippen molar-refractivity contribution in [2.75, 3.05) is 44.6 Å². The number of nitrogens with one attached hydrogen (secondary N) is 2. The number of carbonyl (C=O) groups excluding carboxylic acids is 2. The van der Waals surface area contributed by atoms with Crippen molar-refractivity contribution in [3.8, 4) is 0 Å². The molecule has 1 heterocycles. The van der Waals surface area contributed by atoms with Crippen molar-refractivity contribution in [3.05, 3.63) is 42.5 Å². The topological polar surface area (TPSA) is 64.7 Å². The summed E-state index contributed by atoms with van der Waals surface area (Å²) in [6.07, 6.45) is 2.10. The molecule has 2 aromatic rings. The van der Waals surface area contributed by atoms with Crippen molar-refractivity contribution < 1.29 is 9.59 Å². The number of hydrogen-bond donors (Lipinski definition) is 2. The van der Waals surface area contributed by atoms with Crippen LogP contribution >= 0.6 is 0 Å². The van der Waals surface area contributed by atoms with Gasteiger partial charge in [-0.3, -0.25) is 19.4 Å². The molecule has 2 aromatic carbocycles. The van der Waals surface area contributed by atoms with E-state index in [1.165, 1.54) is 0 Å². The zero-order chi connectivity index (χ0) is 20.6. The van der Waals surface area contributed by atoms with E-state index < -0.39 is 0 Å². The molecule has 1 atom stereocenters. The highest BCUT2D eigenvalue weighted by molar-refractivity contribution is 6.03. The number of unbranched alkanes of at least 4 members (excludes halogenated alkanes) is 1. The second kappa shape index (κ2) is 10.4. The minimum absolute atomic E-state index is 0.00658. The number of fused-ring (bicyclic) bond motifs is 1. The van der Waals surface area contributed by atoms with Gasteiger partial charge in [-0.15, -0.1) is 0 Å². The zero-order valence-electron chi connectivity index (χ0n) is 17.5. The number of amides is 2. The van der Waals surface area contributed by atoms with Gasteiger partial charge in [0, 0.05) is 43.8 Å². The van der Waals surface area contributed by atoms with Crippen LogP contribution in [0.15, 0.2) is 42.5 Å². The first-order valence-electron chi connectivity index (χ1n) is 10.6. The average Bonchev–Trinajstić information content (AvgIpc) is 2.74. The molecule has 6 heteroatoms. The number of benzene rings is 2. The van der Waals surface area contributed by atoms with Gasteiger partial charge in [-0.2, -0.15) is 0 Å². The van der Waals surface area contributed by atoms with Gasteiger partial charge in [0.15, 0.2) is 0 Å². The fourth-order valence-corrected chi connectivity index (χ4v) is 3.71. The molecule has 156 valence electrons. The van der Waals surface area contributed by atoms with E-state index in [0.717, 1.165) is 62.0 Å². The van der Waals surface area contributed by atoms with E-state index in [2.05, 4.69) is 27.4 Å². The molecule has 1 aliphatic heterocycles. The van der Waals surface area contributed by atoms with E-state index in [1.807, 2.05) is 49.4 Å². The number of carbonyl (C=O) groups is 2. The van der Waals surface area contributed by atoms with E-state index in [1.54, 1.807) is 0 Å². The van der Waals surface area contributed by atoms with Gasteiger partial charge in [-0.25, -0.2) is 0 Å². The van der Waals surface area contributed by atoms with Crippen LogP contribution in [-0.2, 0) is 9.59 Å². The summed E-state index contributed by atoms with van der Waals surface area (Å²) in [7, 11) is 0. The third-order valence-electron chi connectivity index (χ3n) is 5.60. The van der Waals surface area contributed by atoms with Crippen molar-refractivity contribution in [1.82, 2.24) is 15.1 Å². The van der Waals surface area contributed by atoms with E-state index in [0.29, 0.717) is 6.54 Å². The highest BCUT2D eigenvalue weighted by Crippen LogP contribution is 2.23. The summed E-state index contributed by atoms with van der Waals surface area (Å²) in [6, 6.07) is 13.8. The van der Waals surface area contributed by atoms with Gasteiger partial charge >= 0.3 is 0 Å². The summed E-state index contributed by atoms with van der Waals surface area (Å²) in [5.74, 6) is 0.0979. The molecule has 0 saturated carbocycles. The third kappa shape index (κ3) is 5.78. The third-order valence-corrected chi connectivity index (χ3v) is 5.60. The molecule has 1 saturated heterocycles. The fraction of sp³-hybridized carbons (Fsp3) is 0.478. The monoisotopic (exact) mass is 396 g/mol. The van der Waals surface area contributed by atoms with Crippen molar-refractivity contribution >= 4 is 28.3 Å². The van der Waals surface area contributed by atoms with Crippen molar-refractivity contribution in [3.63, 3.8) is 0 Å². The molecule has 0 aromatic heterocycles. The highest BCUT2D eigenvalue weighted by atomic mass is 16.2. The predicted molar refractivity (Wildman–Crippen MR) is 118 cm³/mol. The van der Waals surface area contributed by atoms with Gasteiger partial charge < -0.3 is 10.6 Å². The predicted octanol–water partition coefficient (Wildman–Crippen LogP) is 2.70. The maximum absolute atomic E-state index is 12.8. The van der Waals surface area contributed by atoms with Crippen LogP contribution in [0.2, 0.25) is 0 Å². The lowest BCUT2D eigenvalue weighted by atomic mass is 10.1. The maximum Gasteiger partial charge on any atom is 0.241 e. The van der Waals surface area contributed by atoms with Gasteiger partial charge in [0.05, 0.1) is 12.6 Å². The number of rotatable bonds is 8. The van der Waals surface area contributed by atoms with Crippen LogP contribution in [0.4, 0.5) is 5.69 Å². The minimum atomic E-state index is -0.213. The summed E-state index contributed by atoms with van der Waals surface area (Å²) in [6.45, 7) is 8.42. The molecule has 0 radical (unpaired) electrons. The molecule has 2 amide bonds. The van der Waals surface area contributed by atoms with Crippen LogP contribution in [-0.4, -0.2) is 66.9 Å². The Balaban J connectivity index is 1.49. The zero-order valence-corrected chi connectivity index (χ0v) is 17.5. The Morgan fingerprint density at radius 3 is 2.52 bits per heavy atom. The number of nitrogens with zero attached hydrogens (tertiary/aromatic N) is 2. The Kier molecular flexibility index (Phi) is 7.61. The Morgan fingerprint density at radius 2 is 1.76 bits per heavy atom.